The third-order valence-electron chi connectivity index (χ3n) is 2.17. The Balaban J connectivity index is 2.55. The summed E-state index contributed by atoms with van der Waals surface area (Å²) in [6.45, 7) is 5.54. The van der Waals surface area contributed by atoms with E-state index in [1.807, 2.05) is 0 Å². The molecule has 0 spiro atoms. The molecule has 12 heavy (non-hydrogen) atoms. The molecule has 0 aromatic heterocycles. The zero-order chi connectivity index (χ0) is 9.14. The van der Waals surface area contributed by atoms with Crippen LogP contribution < -0.4 is 0 Å². The lowest BCUT2D eigenvalue weighted by atomic mass is 9.93. The van der Waals surface area contributed by atoms with Crippen molar-refractivity contribution in [2.75, 3.05) is 13.1 Å². The Morgan fingerprint density at radius 1 is 1.42 bits per heavy atom. The number of nitrogens with zero attached hydrogens (tertiary/aromatic N) is 3. The average Bonchev–Trinajstić information content (AvgIpc) is 2.01. The third-order valence-corrected chi connectivity index (χ3v) is 2.17. The van der Waals surface area contributed by atoms with E-state index in [-0.39, 0.29) is 4.97 Å². The molecule has 1 fully saturated rings. The Kier molecular flexibility index (Phi) is 2.73. The summed E-state index contributed by atoms with van der Waals surface area (Å²) in [5.41, 5.74) is 0. The summed E-state index contributed by atoms with van der Waals surface area (Å²) in [4.78, 5) is 0.270. The molecule has 2 unspecified atom stereocenters. The standard InChI is InChI=1S/C7H15N3O2/c1-6-3-7(2)5-9(4-6)10(12)8-11/h6-7,11H,3-5H2,1-2H3/b10-8-. The summed E-state index contributed by atoms with van der Waals surface area (Å²) in [6.07, 6.45) is 1.13. The van der Waals surface area contributed by atoms with Crippen LogP contribution >= 0.6 is 0 Å². The predicted octanol–water partition coefficient (Wildman–Crippen LogP) is 1.23. The molecule has 1 heterocycles. The first-order valence-electron chi connectivity index (χ1n) is 4.20. The molecule has 1 N–H and O–H groups in total. The second-order valence-electron chi connectivity index (χ2n) is 3.66. The van der Waals surface area contributed by atoms with Crippen LogP contribution in [0.4, 0.5) is 0 Å². The molecular formula is C7H15N3O2. The highest BCUT2D eigenvalue weighted by Gasteiger charge is 2.26. The van der Waals surface area contributed by atoms with Gasteiger partial charge in [0, 0.05) is 0 Å². The van der Waals surface area contributed by atoms with Gasteiger partial charge in [-0.25, -0.2) is 0 Å². The van der Waals surface area contributed by atoms with Gasteiger partial charge in [0.2, 0.25) is 5.28 Å². The van der Waals surface area contributed by atoms with Gasteiger partial charge in [0.05, 0.1) is 18.1 Å². The van der Waals surface area contributed by atoms with Crippen molar-refractivity contribution in [3.63, 3.8) is 0 Å². The van der Waals surface area contributed by atoms with Crippen LogP contribution in [0, 0.1) is 17.0 Å². The maximum Gasteiger partial charge on any atom is 0.230 e. The normalized spacial score (nSPS) is 32.2. The first kappa shape index (κ1) is 9.09. The van der Waals surface area contributed by atoms with E-state index < -0.39 is 0 Å². The van der Waals surface area contributed by atoms with E-state index in [0.717, 1.165) is 6.42 Å². The van der Waals surface area contributed by atoms with Crippen molar-refractivity contribution in [2.24, 2.45) is 17.1 Å². The maximum absolute atomic E-state index is 10.9. The molecule has 1 aliphatic rings. The van der Waals surface area contributed by atoms with Crippen LogP contribution in [-0.2, 0) is 0 Å². The fourth-order valence-electron chi connectivity index (χ4n) is 1.83. The van der Waals surface area contributed by atoms with Gasteiger partial charge < -0.3 is 10.4 Å². The van der Waals surface area contributed by atoms with Crippen LogP contribution in [0.2, 0.25) is 0 Å². The van der Waals surface area contributed by atoms with Crippen molar-refractivity contribution in [1.29, 1.82) is 0 Å². The minimum atomic E-state index is 0.270. The van der Waals surface area contributed by atoms with Crippen molar-refractivity contribution in [2.45, 2.75) is 20.3 Å². The Labute approximate surface area is 71.8 Å². The van der Waals surface area contributed by atoms with Gasteiger partial charge in [0.15, 0.2) is 0 Å². The van der Waals surface area contributed by atoms with Crippen LogP contribution in [0.3, 0.4) is 0 Å². The maximum atomic E-state index is 10.9. The van der Waals surface area contributed by atoms with Crippen molar-refractivity contribution < 1.29 is 10.2 Å². The first-order chi connectivity index (χ1) is 5.63. The fourth-order valence-corrected chi connectivity index (χ4v) is 1.83. The molecule has 70 valence electrons. The predicted molar refractivity (Wildman–Crippen MR) is 42.4 cm³/mol. The minimum Gasteiger partial charge on any atom is -0.569 e. The molecule has 0 bridgehead atoms. The quantitative estimate of drug-likeness (QED) is 0.368. The highest BCUT2D eigenvalue weighted by molar-refractivity contribution is 4.69. The zero-order valence-electron chi connectivity index (χ0n) is 7.47. The summed E-state index contributed by atoms with van der Waals surface area (Å²) in [5, 5.41) is 23.2. The SMILES string of the molecule is CC1CC(C)CN(/[N+]([O-])=N/O)C1. The fraction of sp³-hybridized carbons (Fsp3) is 1.00. The Morgan fingerprint density at radius 3 is 2.33 bits per heavy atom. The first-order valence-corrected chi connectivity index (χ1v) is 4.20. The lowest BCUT2D eigenvalue weighted by molar-refractivity contribution is -0.713. The lowest BCUT2D eigenvalue weighted by Crippen LogP contribution is -2.42. The van der Waals surface area contributed by atoms with Crippen LogP contribution in [-0.4, -0.2) is 28.3 Å². The third kappa shape index (κ3) is 1.99. The molecule has 5 nitrogen and oxygen atoms in total. The summed E-state index contributed by atoms with van der Waals surface area (Å²) < 4.78 is 0. The van der Waals surface area contributed by atoms with E-state index in [0.29, 0.717) is 24.9 Å². The number of rotatable bonds is 1. The lowest BCUT2D eigenvalue weighted by Gasteiger charge is -2.30. The van der Waals surface area contributed by atoms with Gasteiger partial charge >= 0.3 is 0 Å². The van der Waals surface area contributed by atoms with E-state index in [4.69, 9.17) is 5.21 Å². The van der Waals surface area contributed by atoms with Gasteiger partial charge in [0.1, 0.15) is 0 Å². The molecule has 1 saturated heterocycles. The smallest absolute Gasteiger partial charge is 0.230 e. The van der Waals surface area contributed by atoms with E-state index in [1.54, 1.807) is 0 Å². The van der Waals surface area contributed by atoms with Gasteiger partial charge in [-0.05, 0) is 18.3 Å². The number of piperidine rings is 1. The van der Waals surface area contributed by atoms with Gasteiger partial charge in [0.25, 0.3) is 0 Å². The second kappa shape index (κ2) is 3.60. The van der Waals surface area contributed by atoms with Crippen molar-refractivity contribution in [3.05, 3.63) is 5.21 Å². The summed E-state index contributed by atoms with van der Waals surface area (Å²) in [7, 11) is 0. The van der Waals surface area contributed by atoms with E-state index >= 15 is 0 Å². The van der Waals surface area contributed by atoms with Crippen LogP contribution in [0.15, 0.2) is 5.28 Å². The molecule has 1 rings (SSSR count). The van der Waals surface area contributed by atoms with E-state index in [1.165, 1.54) is 5.01 Å². The monoisotopic (exact) mass is 173 g/mol. The number of hydrazine groups is 1. The highest BCUT2D eigenvalue weighted by atomic mass is 16.6. The highest BCUT2D eigenvalue weighted by Crippen LogP contribution is 2.20. The Bertz CT molecular complexity index is 173. The molecule has 1 aliphatic heterocycles. The zero-order valence-corrected chi connectivity index (χ0v) is 7.47. The van der Waals surface area contributed by atoms with Gasteiger partial charge in [-0.1, -0.05) is 13.8 Å². The van der Waals surface area contributed by atoms with Crippen molar-refractivity contribution in [3.8, 4) is 0 Å². The molecule has 0 aromatic carbocycles. The molecule has 0 amide bonds. The number of hydrogen-bond acceptors (Lipinski definition) is 2. The largest absolute Gasteiger partial charge is 0.569 e. The molecular weight excluding hydrogens is 158 g/mol. The number of hydrogen-bond donors (Lipinski definition) is 1. The summed E-state index contributed by atoms with van der Waals surface area (Å²) in [5.74, 6) is 0.985. The Hall–Kier alpha value is -1.00. The van der Waals surface area contributed by atoms with Crippen molar-refractivity contribution in [1.82, 2.24) is 5.01 Å². The summed E-state index contributed by atoms with van der Waals surface area (Å²) >= 11 is 0. The van der Waals surface area contributed by atoms with Gasteiger partial charge in [-0.2, -0.15) is 0 Å². The second-order valence-corrected chi connectivity index (χ2v) is 3.66. The van der Waals surface area contributed by atoms with E-state index in [2.05, 4.69) is 19.1 Å². The Morgan fingerprint density at radius 2 is 1.92 bits per heavy atom. The molecule has 0 saturated carbocycles. The van der Waals surface area contributed by atoms with Crippen LogP contribution in [0.25, 0.3) is 0 Å². The van der Waals surface area contributed by atoms with Crippen LogP contribution in [0.1, 0.15) is 20.3 Å². The molecule has 0 radical (unpaired) electrons. The van der Waals surface area contributed by atoms with Crippen LogP contribution in [0.5, 0.6) is 0 Å². The van der Waals surface area contributed by atoms with Gasteiger partial charge in [-0.3, -0.25) is 0 Å². The summed E-state index contributed by atoms with van der Waals surface area (Å²) in [6, 6.07) is 0. The van der Waals surface area contributed by atoms with Crippen molar-refractivity contribution >= 4 is 0 Å². The van der Waals surface area contributed by atoms with E-state index in [9.17, 15) is 5.21 Å². The molecule has 0 aliphatic carbocycles. The topological polar surface area (TPSA) is 61.9 Å². The molecule has 2 atom stereocenters. The molecule has 0 aromatic rings. The van der Waals surface area contributed by atoms with Gasteiger partial charge in [-0.15, -0.1) is 5.01 Å². The molecule has 5 heteroatoms. The minimum absolute atomic E-state index is 0.270. The average molecular weight is 173 g/mol.